The fraction of sp³-hybridized carbons (Fsp3) is 0.167. The van der Waals surface area contributed by atoms with Gasteiger partial charge in [0.05, 0.1) is 11.0 Å². The second-order valence-corrected chi connectivity index (χ2v) is 7.34. The van der Waals surface area contributed by atoms with Crippen LogP contribution in [0.25, 0.3) is 38.9 Å². The van der Waals surface area contributed by atoms with Crippen molar-refractivity contribution in [3.05, 3.63) is 82.9 Å². The van der Waals surface area contributed by atoms with Gasteiger partial charge >= 0.3 is 0 Å². The van der Waals surface area contributed by atoms with Crippen LogP contribution >= 0.6 is 0 Å². The quantitative estimate of drug-likeness (QED) is 0.425. The average molecular weight is 395 g/mol. The molecule has 2 aromatic carbocycles. The minimum Gasteiger partial charge on any atom is -0.292 e. The predicted molar refractivity (Wildman–Crippen MR) is 120 cm³/mol. The third-order valence-electron chi connectivity index (χ3n) is 5.33. The van der Waals surface area contributed by atoms with Crippen LogP contribution < -0.4 is 5.56 Å². The average Bonchev–Trinajstić information content (AvgIpc) is 3.07. The normalized spacial score (nSPS) is 11.5. The van der Waals surface area contributed by atoms with Gasteiger partial charge in [0.25, 0.3) is 5.56 Å². The van der Waals surface area contributed by atoms with Crippen LogP contribution in [0.3, 0.4) is 0 Å². The zero-order valence-electron chi connectivity index (χ0n) is 17.0. The number of para-hydroxylation sites is 2. The molecule has 0 amide bonds. The molecule has 0 N–H and O–H groups in total. The van der Waals surface area contributed by atoms with Gasteiger partial charge in [-0.3, -0.25) is 13.9 Å². The van der Waals surface area contributed by atoms with Gasteiger partial charge in [0.2, 0.25) is 0 Å². The van der Waals surface area contributed by atoms with Crippen molar-refractivity contribution in [2.75, 3.05) is 0 Å². The second kappa shape index (κ2) is 6.91. The van der Waals surface area contributed by atoms with E-state index in [0.717, 1.165) is 22.3 Å². The van der Waals surface area contributed by atoms with E-state index >= 15 is 0 Å². The lowest BCUT2D eigenvalue weighted by Gasteiger charge is -2.11. The Morgan fingerprint density at radius 1 is 1.00 bits per heavy atom. The number of fused-ring (bicyclic) bond motifs is 4. The van der Waals surface area contributed by atoms with Gasteiger partial charge < -0.3 is 0 Å². The van der Waals surface area contributed by atoms with E-state index in [1.807, 2.05) is 60.9 Å². The molecule has 0 aliphatic rings. The van der Waals surface area contributed by atoms with E-state index in [9.17, 15) is 4.79 Å². The molecule has 0 aliphatic heterocycles. The lowest BCUT2D eigenvalue weighted by molar-refractivity contribution is 0.698. The smallest absolute Gasteiger partial charge is 0.265 e. The van der Waals surface area contributed by atoms with E-state index in [0.29, 0.717) is 41.0 Å². The molecule has 0 unspecified atom stereocenters. The van der Waals surface area contributed by atoms with Gasteiger partial charge in [0, 0.05) is 18.7 Å². The summed E-state index contributed by atoms with van der Waals surface area (Å²) in [4.78, 5) is 28.2. The molecule has 0 bridgehead atoms. The molecular formula is C24H21N5O. The van der Waals surface area contributed by atoms with Gasteiger partial charge in [-0.1, -0.05) is 37.3 Å². The van der Waals surface area contributed by atoms with Crippen LogP contribution in [0.1, 0.15) is 18.3 Å². The van der Waals surface area contributed by atoms with Gasteiger partial charge in [-0.25, -0.2) is 15.0 Å². The minimum absolute atomic E-state index is 0.113. The van der Waals surface area contributed by atoms with Crippen molar-refractivity contribution in [2.24, 2.45) is 0 Å². The van der Waals surface area contributed by atoms with Crippen LogP contribution in [-0.4, -0.2) is 24.1 Å². The molecule has 3 heterocycles. The van der Waals surface area contributed by atoms with Crippen LogP contribution in [0.5, 0.6) is 0 Å². The first-order chi connectivity index (χ1) is 14.6. The van der Waals surface area contributed by atoms with E-state index in [1.165, 1.54) is 0 Å². The summed E-state index contributed by atoms with van der Waals surface area (Å²) in [5.74, 6) is 0.716. The zero-order valence-corrected chi connectivity index (χ0v) is 17.0. The maximum atomic E-state index is 13.6. The summed E-state index contributed by atoms with van der Waals surface area (Å²) in [6.45, 7) is 8.24. The van der Waals surface area contributed by atoms with E-state index < -0.39 is 0 Å². The summed E-state index contributed by atoms with van der Waals surface area (Å²) >= 11 is 0. The van der Waals surface area contributed by atoms with Crippen molar-refractivity contribution < 1.29 is 0 Å². The molecule has 0 aliphatic carbocycles. The zero-order chi connectivity index (χ0) is 20.8. The number of allylic oxidation sites excluding steroid dienone is 1. The molecule has 0 saturated heterocycles. The Labute approximate surface area is 173 Å². The van der Waals surface area contributed by atoms with Crippen molar-refractivity contribution in [1.29, 1.82) is 0 Å². The van der Waals surface area contributed by atoms with Crippen LogP contribution in [-0.2, 0) is 13.0 Å². The second-order valence-electron chi connectivity index (χ2n) is 7.34. The summed E-state index contributed by atoms with van der Waals surface area (Å²) in [5, 5.41) is 0.490. The number of hydrogen-bond donors (Lipinski definition) is 0. The lowest BCUT2D eigenvalue weighted by atomic mass is 10.2. The highest BCUT2D eigenvalue weighted by Crippen LogP contribution is 2.29. The van der Waals surface area contributed by atoms with Crippen LogP contribution in [0.4, 0.5) is 0 Å². The van der Waals surface area contributed by atoms with Gasteiger partial charge in [-0.05, 0) is 36.8 Å². The summed E-state index contributed by atoms with van der Waals surface area (Å²) in [6, 6.07) is 15.8. The first kappa shape index (κ1) is 18.2. The first-order valence-corrected chi connectivity index (χ1v) is 10.0. The molecule has 0 radical (unpaired) electrons. The van der Waals surface area contributed by atoms with E-state index in [1.54, 1.807) is 10.6 Å². The number of nitrogens with zero attached hydrogens (tertiary/aromatic N) is 5. The Morgan fingerprint density at radius 3 is 2.47 bits per heavy atom. The number of benzene rings is 2. The van der Waals surface area contributed by atoms with Crippen LogP contribution in [0.2, 0.25) is 0 Å². The SMILES string of the molecule is C=CCn1c(CC)nc2c(c1=O)c1nc3ccccc3nc1n2-c1cccc(C)c1. The Balaban J connectivity index is 2.04. The fourth-order valence-corrected chi connectivity index (χ4v) is 3.97. The molecule has 6 heteroatoms. The lowest BCUT2D eigenvalue weighted by Crippen LogP contribution is -2.24. The Kier molecular flexibility index (Phi) is 4.20. The van der Waals surface area contributed by atoms with Crippen molar-refractivity contribution >= 4 is 33.2 Å². The molecule has 30 heavy (non-hydrogen) atoms. The predicted octanol–water partition coefficient (Wildman–Crippen LogP) is 4.34. The highest BCUT2D eigenvalue weighted by Gasteiger charge is 2.22. The number of rotatable bonds is 4. The van der Waals surface area contributed by atoms with Crippen molar-refractivity contribution in [3.63, 3.8) is 0 Å². The molecule has 0 saturated carbocycles. The Bertz CT molecular complexity index is 1510. The monoisotopic (exact) mass is 395 g/mol. The van der Waals surface area contributed by atoms with Gasteiger partial charge in [0.15, 0.2) is 11.3 Å². The van der Waals surface area contributed by atoms with Crippen molar-refractivity contribution in [2.45, 2.75) is 26.8 Å². The number of aryl methyl sites for hydroxylation is 2. The summed E-state index contributed by atoms with van der Waals surface area (Å²) in [7, 11) is 0. The minimum atomic E-state index is -0.113. The summed E-state index contributed by atoms with van der Waals surface area (Å²) in [6.07, 6.45) is 2.35. The molecular weight excluding hydrogens is 374 g/mol. The summed E-state index contributed by atoms with van der Waals surface area (Å²) < 4.78 is 3.63. The van der Waals surface area contributed by atoms with E-state index in [2.05, 4.69) is 12.6 Å². The first-order valence-electron chi connectivity index (χ1n) is 10.0. The highest BCUT2D eigenvalue weighted by atomic mass is 16.1. The standard InChI is InChI=1S/C24H21N5O/c1-4-13-28-19(5-2)27-22-20(24(28)30)21-23(26-18-12-7-6-11-17(18)25-21)29(22)16-10-8-9-15(3)14-16/h4,6-12,14H,1,5,13H2,2-3H3. The fourth-order valence-electron chi connectivity index (χ4n) is 3.97. The number of aromatic nitrogens is 5. The third kappa shape index (κ3) is 2.64. The molecule has 0 atom stereocenters. The van der Waals surface area contributed by atoms with E-state index in [4.69, 9.17) is 15.0 Å². The molecule has 0 fully saturated rings. The van der Waals surface area contributed by atoms with Crippen molar-refractivity contribution in [3.8, 4) is 5.69 Å². The van der Waals surface area contributed by atoms with Crippen LogP contribution in [0, 0.1) is 6.92 Å². The maximum absolute atomic E-state index is 13.6. The molecule has 5 aromatic rings. The molecule has 6 nitrogen and oxygen atoms in total. The van der Waals surface area contributed by atoms with Crippen molar-refractivity contribution in [1.82, 2.24) is 24.1 Å². The summed E-state index contributed by atoms with van der Waals surface area (Å²) in [5.41, 5.74) is 5.25. The highest BCUT2D eigenvalue weighted by molar-refractivity contribution is 6.05. The Morgan fingerprint density at radius 2 is 1.77 bits per heavy atom. The topological polar surface area (TPSA) is 65.6 Å². The molecule has 148 valence electrons. The van der Waals surface area contributed by atoms with E-state index in [-0.39, 0.29) is 5.56 Å². The van der Waals surface area contributed by atoms with Crippen LogP contribution in [0.15, 0.2) is 66.0 Å². The molecule has 5 rings (SSSR count). The number of hydrogen-bond acceptors (Lipinski definition) is 4. The van der Waals surface area contributed by atoms with Gasteiger partial charge in [-0.15, -0.1) is 6.58 Å². The van der Waals surface area contributed by atoms with Gasteiger partial charge in [0.1, 0.15) is 16.7 Å². The van der Waals surface area contributed by atoms with Gasteiger partial charge in [-0.2, -0.15) is 0 Å². The third-order valence-corrected chi connectivity index (χ3v) is 5.33. The largest absolute Gasteiger partial charge is 0.292 e. The Hall–Kier alpha value is -3.80. The maximum Gasteiger partial charge on any atom is 0.265 e. The molecule has 0 spiro atoms. The molecule has 3 aromatic heterocycles.